The molecular formula is C19H19N3O2. The van der Waals surface area contributed by atoms with Crippen LogP contribution in [0.15, 0.2) is 67.0 Å². The molecule has 122 valence electrons. The van der Waals surface area contributed by atoms with Gasteiger partial charge in [0, 0.05) is 26.0 Å². The number of aromatic nitrogens is 2. The Hall–Kier alpha value is -3.08. The van der Waals surface area contributed by atoms with Gasteiger partial charge in [-0.25, -0.2) is 4.68 Å². The van der Waals surface area contributed by atoms with Crippen molar-refractivity contribution < 1.29 is 9.90 Å². The molecule has 0 aliphatic rings. The zero-order valence-corrected chi connectivity index (χ0v) is 13.5. The molecule has 1 amide bonds. The lowest BCUT2D eigenvalue weighted by atomic mass is 10.1. The lowest BCUT2D eigenvalue weighted by molar-refractivity contribution is -0.129. The van der Waals surface area contributed by atoms with E-state index in [9.17, 15) is 9.90 Å². The molecular weight excluding hydrogens is 302 g/mol. The maximum Gasteiger partial charge on any atom is 0.227 e. The fourth-order valence-corrected chi connectivity index (χ4v) is 2.51. The minimum Gasteiger partial charge on any atom is -0.508 e. The maximum absolute atomic E-state index is 12.3. The number of hydrogen-bond acceptors (Lipinski definition) is 3. The van der Waals surface area contributed by atoms with Gasteiger partial charge in [-0.3, -0.25) is 4.79 Å². The van der Waals surface area contributed by atoms with Crippen LogP contribution in [0, 0.1) is 0 Å². The van der Waals surface area contributed by atoms with Gasteiger partial charge >= 0.3 is 0 Å². The molecule has 0 fully saturated rings. The second-order valence-electron chi connectivity index (χ2n) is 5.71. The van der Waals surface area contributed by atoms with Crippen LogP contribution in [0.1, 0.15) is 11.1 Å². The number of carbonyl (C=O) groups is 1. The van der Waals surface area contributed by atoms with Crippen molar-refractivity contribution in [1.29, 1.82) is 0 Å². The lowest BCUT2D eigenvalue weighted by Gasteiger charge is -2.17. The number of aromatic hydroxyl groups is 1. The monoisotopic (exact) mass is 321 g/mol. The fraction of sp³-hybridized carbons (Fsp3) is 0.158. The third kappa shape index (κ3) is 3.81. The van der Waals surface area contributed by atoms with E-state index >= 15 is 0 Å². The largest absolute Gasteiger partial charge is 0.508 e. The predicted octanol–water partition coefficient (Wildman–Crippen LogP) is 2.78. The Morgan fingerprint density at radius 2 is 1.92 bits per heavy atom. The van der Waals surface area contributed by atoms with Crippen LogP contribution in [0.4, 0.5) is 0 Å². The molecule has 0 spiro atoms. The van der Waals surface area contributed by atoms with Gasteiger partial charge in [-0.1, -0.05) is 24.3 Å². The first-order valence-corrected chi connectivity index (χ1v) is 7.72. The molecule has 1 heterocycles. The van der Waals surface area contributed by atoms with Crippen LogP contribution in [-0.2, 0) is 17.8 Å². The van der Waals surface area contributed by atoms with E-state index in [1.54, 1.807) is 41.0 Å². The SMILES string of the molecule is CN(Cc1ccc(-n2cccn2)cc1)C(=O)Cc1cccc(O)c1. The number of likely N-dealkylation sites (N-methyl/N-ethyl adjacent to an activating group) is 1. The molecule has 0 bridgehead atoms. The summed E-state index contributed by atoms with van der Waals surface area (Å²) in [4.78, 5) is 14.0. The van der Waals surface area contributed by atoms with Crippen molar-refractivity contribution in [1.82, 2.24) is 14.7 Å². The molecule has 24 heavy (non-hydrogen) atoms. The van der Waals surface area contributed by atoms with E-state index in [1.165, 1.54) is 0 Å². The summed E-state index contributed by atoms with van der Waals surface area (Å²) >= 11 is 0. The Kier molecular flexibility index (Phi) is 4.61. The highest BCUT2D eigenvalue weighted by Gasteiger charge is 2.11. The van der Waals surface area contributed by atoms with Gasteiger partial charge in [-0.2, -0.15) is 5.10 Å². The van der Waals surface area contributed by atoms with E-state index in [4.69, 9.17) is 0 Å². The van der Waals surface area contributed by atoms with E-state index in [2.05, 4.69) is 5.10 Å². The van der Waals surface area contributed by atoms with Crippen molar-refractivity contribution in [3.8, 4) is 11.4 Å². The minimum atomic E-state index is 0.0109. The zero-order chi connectivity index (χ0) is 16.9. The molecule has 1 aromatic heterocycles. The number of phenols is 1. The highest BCUT2D eigenvalue weighted by Crippen LogP contribution is 2.14. The minimum absolute atomic E-state index is 0.0109. The van der Waals surface area contributed by atoms with Gasteiger partial charge in [0.1, 0.15) is 5.75 Å². The highest BCUT2D eigenvalue weighted by atomic mass is 16.3. The van der Waals surface area contributed by atoms with Gasteiger partial charge in [0.2, 0.25) is 5.91 Å². The van der Waals surface area contributed by atoms with Gasteiger partial charge < -0.3 is 10.0 Å². The highest BCUT2D eigenvalue weighted by molar-refractivity contribution is 5.78. The van der Waals surface area contributed by atoms with E-state index in [1.807, 2.05) is 42.6 Å². The van der Waals surface area contributed by atoms with Crippen LogP contribution in [0.2, 0.25) is 0 Å². The Bertz CT molecular complexity index is 811. The van der Waals surface area contributed by atoms with Crippen LogP contribution >= 0.6 is 0 Å². The first-order chi connectivity index (χ1) is 11.6. The molecule has 0 unspecified atom stereocenters. The predicted molar refractivity (Wildman–Crippen MR) is 91.8 cm³/mol. The number of carbonyl (C=O) groups excluding carboxylic acids is 1. The summed E-state index contributed by atoms with van der Waals surface area (Å²) in [6, 6.07) is 16.6. The van der Waals surface area contributed by atoms with Crippen molar-refractivity contribution in [2.75, 3.05) is 7.05 Å². The van der Waals surface area contributed by atoms with Gasteiger partial charge in [-0.05, 0) is 41.5 Å². The topological polar surface area (TPSA) is 58.4 Å². The summed E-state index contributed by atoms with van der Waals surface area (Å²) in [6.07, 6.45) is 3.90. The Morgan fingerprint density at radius 3 is 2.58 bits per heavy atom. The summed E-state index contributed by atoms with van der Waals surface area (Å²) < 4.78 is 1.79. The van der Waals surface area contributed by atoms with Crippen LogP contribution in [0.5, 0.6) is 5.75 Å². The average Bonchev–Trinajstić information content (AvgIpc) is 3.10. The molecule has 1 N–H and O–H groups in total. The summed E-state index contributed by atoms with van der Waals surface area (Å²) in [5, 5.41) is 13.7. The molecule has 5 heteroatoms. The molecule has 0 radical (unpaired) electrons. The number of benzene rings is 2. The molecule has 3 rings (SSSR count). The molecule has 5 nitrogen and oxygen atoms in total. The van der Waals surface area contributed by atoms with Crippen LogP contribution in [0.3, 0.4) is 0 Å². The molecule has 0 atom stereocenters. The summed E-state index contributed by atoms with van der Waals surface area (Å²) in [5.74, 6) is 0.189. The first-order valence-electron chi connectivity index (χ1n) is 7.72. The van der Waals surface area contributed by atoms with Crippen molar-refractivity contribution in [3.05, 3.63) is 78.1 Å². The van der Waals surface area contributed by atoms with Gasteiger partial charge in [0.05, 0.1) is 12.1 Å². The molecule has 0 aliphatic carbocycles. The third-order valence-electron chi connectivity index (χ3n) is 3.82. The lowest BCUT2D eigenvalue weighted by Crippen LogP contribution is -2.27. The molecule has 2 aromatic carbocycles. The molecule has 0 aliphatic heterocycles. The van der Waals surface area contributed by atoms with E-state index < -0.39 is 0 Å². The molecule has 0 saturated carbocycles. The number of amides is 1. The Labute approximate surface area is 140 Å². The first kappa shape index (κ1) is 15.8. The van der Waals surface area contributed by atoms with Gasteiger partial charge in [0.15, 0.2) is 0 Å². The quantitative estimate of drug-likeness (QED) is 0.786. The van der Waals surface area contributed by atoms with Crippen molar-refractivity contribution in [2.45, 2.75) is 13.0 Å². The summed E-state index contributed by atoms with van der Waals surface area (Å²) in [7, 11) is 1.78. The van der Waals surface area contributed by atoms with Gasteiger partial charge in [-0.15, -0.1) is 0 Å². The van der Waals surface area contributed by atoms with Crippen molar-refractivity contribution in [2.24, 2.45) is 0 Å². The summed E-state index contributed by atoms with van der Waals surface area (Å²) in [5.41, 5.74) is 2.84. The van der Waals surface area contributed by atoms with Crippen molar-refractivity contribution in [3.63, 3.8) is 0 Å². The Balaban J connectivity index is 1.61. The smallest absolute Gasteiger partial charge is 0.227 e. The number of nitrogens with zero attached hydrogens (tertiary/aromatic N) is 3. The van der Waals surface area contributed by atoms with Crippen LogP contribution in [-0.4, -0.2) is 32.7 Å². The van der Waals surface area contributed by atoms with Crippen LogP contribution in [0.25, 0.3) is 5.69 Å². The van der Waals surface area contributed by atoms with E-state index in [0.717, 1.165) is 16.8 Å². The molecule has 3 aromatic rings. The van der Waals surface area contributed by atoms with E-state index in [0.29, 0.717) is 6.54 Å². The number of rotatable bonds is 5. The number of phenolic OH excluding ortho intramolecular Hbond substituents is 1. The maximum atomic E-state index is 12.3. The summed E-state index contributed by atoms with van der Waals surface area (Å²) in [6.45, 7) is 0.539. The zero-order valence-electron chi connectivity index (χ0n) is 13.5. The van der Waals surface area contributed by atoms with Crippen molar-refractivity contribution >= 4 is 5.91 Å². The van der Waals surface area contributed by atoms with Crippen LogP contribution < -0.4 is 0 Å². The standard InChI is InChI=1S/C19H19N3O2/c1-21(19(24)13-16-4-2-5-18(23)12-16)14-15-6-8-17(9-7-15)22-11-3-10-20-22/h2-12,23H,13-14H2,1H3. The average molecular weight is 321 g/mol. The second-order valence-corrected chi connectivity index (χ2v) is 5.71. The number of hydrogen-bond donors (Lipinski definition) is 1. The normalized spacial score (nSPS) is 10.5. The third-order valence-corrected chi connectivity index (χ3v) is 3.82. The van der Waals surface area contributed by atoms with E-state index in [-0.39, 0.29) is 18.1 Å². The van der Waals surface area contributed by atoms with Gasteiger partial charge in [0.25, 0.3) is 0 Å². The second kappa shape index (κ2) is 7.00. The molecule has 0 saturated heterocycles. The Morgan fingerprint density at radius 1 is 1.12 bits per heavy atom. The fourth-order valence-electron chi connectivity index (χ4n) is 2.51.